The van der Waals surface area contributed by atoms with Crippen molar-refractivity contribution < 1.29 is 14.6 Å². The summed E-state index contributed by atoms with van der Waals surface area (Å²) >= 11 is 0. The van der Waals surface area contributed by atoms with E-state index in [1.165, 1.54) is 5.56 Å². The number of ether oxygens (including phenoxy) is 2. The van der Waals surface area contributed by atoms with E-state index in [2.05, 4.69) is 17.9 Å². The molecule has 2 aromatic carbocycles. The molecule has 25 heavy (non-hydrogen) atoms. The minimum atomic E-state index is -0.531. The van der Waals surface area contributed by atoms with Gasteiger partial charge in [-0.1, -0.05) is 37.3 Å². The van der Waals surface area contributed by atoms with Crippen molar-refractivity contribution >= 4 is 0 Å². The number of aryl methyl sites for hydroxylation is 1. The lowest BCUT2D eigenvalue weighted by atomic mass is 10.2. The summed E-state index contributed by atoms with van der Waals surface area (Å²) in [5, 5.41) is 10.4. The Kier molecular flexibility index (Phi) is 7.76. The van der Waals surface area contributed by atoms with E-state index in [-0.39, 0.29) is 0 Å². The van der Waals surface area contributed by atoms with Crippen LogP contribution in [0.3, 0.4) is 0 Å². The highest BCUT2D eigenvalue weighted by molar-refractivity contribution is 5.31. The van der Waals surface area contributed by atoms with E-state index in [9.17, 15) is 5.11 Å². The number of hydrogen-bond acceptors (Lipinski definition) is 4. The Labute approximate surface area is 151 Å². The number of rotatable bonds is 10. The first-order valence-electron chi connectivity index (χ1n) is 8.84. The van der Waals surface area contributed by atoms with Crippen LogP contribution in [0, 0.1) is 6.92 Å². The van der Waals surface area contributed by atoms with Crippen molar-refractivity contribution in [3.05, 3.63) is 59.7 Å². The highest BCUT2D eigenvalue weighted by Crippen LogP contribution is 2.17. The first-order chi connectivity index (χ1) is 12.1. The molecule has 0 aliphatic heterocycles. The van der Waals surface area contributed by atoms with Crippen LogP contribution in [0.1, 0.15) is 24.5 Å². The molecular formula is C21H29NO3. The van der Waals surface area contributed by atoms with Gasteiger partial charge in [0, 0.05) is 13.1 Å². The average molecular weight is 343 g/mol. The van der Waals surface area contributed by atoms with Crippen LogP contribution in [-0.4, -0.2) is 42.9 Å². The normalized spacial score (nSPS) is 12.2. The van der Waals surface area contributed by atoms with E-state index in [0.717, 1.165) is 36.6 Å². The maximum atomic E-state index is 10.4. The van der Waals surface area contributed by atoms with Gasteiger partial charge in [-0.25, -0.2) is 0 Å². The van der Waals surface area contributed by atoms with Gasteiger partial charge in [-0.05, 0) is 49.2 Å². The maximum Gasteiger partial charge on any atom is 0.122 e. The van der Waals surface area contributed by atoms with E-state index in [1.54, 1.807) is 7.11 Å². The minimum absolute atomic E-state index is 0.295. The predicted molar refractivity (Wildman–Crippen MR) is 101 cm³/mol. The van der Waals surface area contributed by atoms with Crippen molar-refractivity contribution in [3.63, 3.8) is 0 Å². The second-order valence-electron chi connectivity index (χ2n) is 6.32. The highest BCUT2D eigenvalue weighted by Gasteiger charge is 2.13. The Morgan fingerprint density at radius 2 is 1.92 bits per heavy atom. The quantitative estimate of drug-likeness (QED) is 0.715. The topological polar surface area (TPSA) is 41.9 Å². The van der Waals surface area contributed by atoms with Crippen molar-refractivity contribution in [2.75, 3.05) is 26.8 Å². The first kappa shape index (κ1) is 19.3. The van der Waals surface area contributed by atoms with Gasteiger partial charge in [-0.3, -0.25) is 4.90 Å². The van der Waals surface area contributed by atoms with Gasteiger partial charge in [0.25, 0.3) is 0 Å². The highest BCUT2D eigenvalue weighted by atomic mass is 16.5. The molecule has 2 rings (SSSR count). The zero-order valence-electron chi connectivity index (χ0n) is 15.4. The van der Waals surface area contributed by atoms with Crippen LogP contribution in [0.2, 0.25) is 0 Å². The van der Waals surface area contributed by atoms with E-state index in [4.69, 9.17) is 9.47 Å². The fourth-order valence-corrected chi connectivity index (χ4v) is 2.84. The number of benzene rings is 2. The van der Waals surface area contributed by atoms with Crippen LogP contribution in [-0.2, 0) is 6.54 Å². The molecular weight excluding hydrogens is 314 g/mol. The van der Waals surface area contributed by atoms with Crippen LogP contribution in [0.25, 0.3) is 0 Å². The van der Waals surface area contributed by atoms with E-state index in [0.29, 0.717) is 13.2 Å². The van der Waals surface area contributed by atoms with Crippen molar-refractivity contribution in [1.82, 2.24) is 4.90 Å². The lowest BCUT2D eigenvalue weighted by Gasteiger charge is -2.25. The minimum Gasteiger partial charge on any atom is -0.497 e. The van der Waals surface area contributed by atoms with Crippen LogP contribution in [0.4, 0.5) is 0 Å². The molecule has 0 saturated heterocycles. The van der Waals surface area contributed by atoms with Gasteiger partial charge in [0.15, 0.2) is 0 Å². The zero-order chi connectivity index (χ0) is 18.1. The summed E-state index contributed by atoms with van der Waals surface area (Å²) in [6, 6.07) is 15.9. The Hall–Kier alpha value is -2.04. The Morgan fingerprint density at radius 3 is 2.64 bits per heavy atom. The Bertz CT molecular complexity index is 645. The molecule has 136 valence electrons. The molecule has 2 aromatic rings. The van der Waals surface area contributed by atoms with Gasteiger partial charge in [0.2, 0.25) is 0 Å². The zero-order valence-corrected chi connectivity index (χ0v) is 15.4. The lowest BCUT2D eigenvalue weighted by Crippen LogP contribution is -2.35. The van der Waals surface area contributed by atoms with Crippen molar-refractivity contribution in [3.8, 4) is 11.5 Å². The fraction of sp³-hybridized carbons (Fsp3) is 0.429. The van der Waals surface area contributed by atoms with Gasteiger partial charge in [-0.15, -0.1) is 0 Å². The Balaban J connectivity index is 1.90. The third-order valence-corrected chi connectivity index (χ3v) is 4.07. The van der Waals surface area contributed by atoms with Gasteiger partial charge >= 0.3 is 0 Å². The third kappa shape index (κ3) is 6.40. The second kappa shape index (κ2) is 10.1. The molecule has 0 bridgehead atoms. The monoisotopic (exact) mass is 343 g/mol. The fourth-order valence-electron chi connectivity index (χ4n) is 2.84. The summed E-state index contributed by atoms with van der Waals surface area (Å²) in [5.74, 6) is 1.69. The van der Waals surface area contributed by atoms with Crippen molar-refractivity contribution in [2.24, 2.45) is 0 Å². The maximum absolute atomic E-state index is 10.4. The van der Waals surface area contributed by atoms with Crippen LogP contribution in [0.5, 0.6) is 11.5 Å². The summed E-state index contributed by atoms with van der Waals surface area (Å²) in [7, 11) is 1.68. The molecule has 0 unspecified atom stereocenters. The SMILES string of the molecule is CCCN(Cc1cccc(OC)c1)C[C@H](O)COc1ccccc1C. The van der Waals surface area contributed by atoms with Crippen molar-refractivity contribution in [1.29, 1.82) is 0 Å². The van der Waals surface area contributed by atoms with Crippen LogP contribution < -0.4 is 9.47 Å². The number of para-hydroxylation sites is 1. The lowest BCUT2D eigenvalue weighted by molar-refractivity contribution is 0.0653. The van der Waals surface area contributed by atoms with Crippen LogP contribution >= 0.6 is 0 Å². The van der Waals surface area contributed by atoms with Gasteiger partial charge in [0.1, 0.15) is 24.2 Å². The average Bonchev–Trinajstić information content (AvgIpc) is 2.61. The number of aliphatic hydroxyl groups is 1. The van der Waals surface area contributed by atoms with Crippen LogP contribution in [0.15, 0.2) is 48.5 Å². The summed E-state index contributed by atoms with van der Waals surface area (Å²) in [4.78, 5) is 2.25. The van der Waals surface area contributed by atoms with E-state index >= 15 is 0 Å². The molecule has 0 spiro atoms. The number of methoxy groups -OCH3 is 1. The smallest absolute Gasteiger partial charge is 0.122 e. The number of hydrogen-bond donors (Lipinski definition) is 1. The molecule has 0 saturated carbocycles. The molecule has 0 heterocycles. The number of aliphatic hydroxyl groups excluding tert-OH is 1. The Morgan fingerprint density at radius 1 is 1.12 bits per heavy atom. The predicted octanol–water partition coefficient (Wildman–Crippen LogP) is 3.66. The molecule has 0 fully saturated rings. The van der Waals surface area contributed by atoms with E-state index < -0.39 is 6.10 Å². The number of nitrogens with zero attached hydrogens (tertiary/aromatic N) is 1. The molecule has 1 N–H and O–H groups in total. The molecule has 1 atom stereocenters. The molecule has 4 heteroatoms. The summed E-state index contributed by atoms with van der Waals surface area (Å²) in [6.45, 7) is 6.74. The molecule has 0 aliphatic rings. The summed E-state index contributed by atoms with van der Waals surface area (Å²) in [6.07, 6.45) is 0.506. The molecule has 0 aliphatic carbocycles. The molecule has 0 radical (unpaired) electrons. The molecule has 0 amide bonds. The second-order valence-corrected chi connectivity index (χ2v) is 6.32. The molecule has 4 nitrogen and oxygen atoms in total. The molecule has 0 aromatic heterocycles. The van der Waals surface area contributed by atoms with Gasteiger partial charge in [0.05, 0.1) is 7.11 Å². The summed E-state index contributed by atoms with van der Waals surface area (Å²) in [5.41, 5.74) is 2.26. The largest absolute Gasteiger partial charge is 0.497 e. The van der Waals surface area contributed by atoms with E-state index in [1.807, 2.05) is 49.4 Å². The summed E-state index contributed by atoms with van der Waals surface area (Å²) < 4.78 is 11.1. The van der Waals surface area contributed by atoms with Gasteiger partial charge in [-0.2, -0.15) is 0 Å². The third-order valence-electron chi connectivity index (χ3n) is 4.07. The standard InChI is InChI=1S/C21H29NO3/c1-4-12-22(14-18-9-7-10-20(13-18)24-3)15-19(23)16-25-21-11-6-5-8-17(21)2/h5-11,13,19,23H,4,12,14-16H2,1-3H3/t19-/m0/s1. The van der Waals surface area contributed by atoms with Gasteiger partial charge < -0.3 is 14.6 Å². The van der Waals surface area contributed by atoms with Crippen molar-refractivity contribution in [2.45, 2.75) is 32.9 Å². The first-order valence-corrected chi connectivity index (χ1v) is 8.84.